The summed E-state index contributed by atoms with van der Waals surface area (Å²) in [5.74, 6) is -0.260. The number of piperazine rings is 1. The van der Waals surface area contributed by atoms with Gasteiger partial charge in [0.2, 0.25) is 0 Å². The standard InChI is InChI=1S/C18H22ClN3O2S/c1-3-24-18(23)17-13(2)20-16(25-17)12-21-7-9-22(10-8-21)15-6-4-5-14(19)11-15/h4-6,11H,3,7-10,12H2,1-2H3/p+1. The lowest BCUT2D eigenvalue weighted by Gasteiger charge is -2.33. The molecule has 134 valence electrons. The number of carbonyl (C=O) groups excluding carboxylic acids is 1. The molecule has 5 nitrogen and oxygen atoms in total. The topological polar surface area (TPSA) is 46.9 Å². The van der Waals surface area contributed by atoms with Gasteiger partial charge in [-0.3, -0.25) is 0 Å². The summed E-state index contributed by atoms with van der Waals surface area (Å²) in [6, 6.07) is 8.01. The van der Waals surface area contributed by atoms with Crippen LogP contribution in [0.15, 0.2) is 24.3 Å². The van der Waals surface area contributed by atoms with E-state index in [1.165, 1.54) is 21.9 Å². The van der Waals surface area contributed by atoms with Crippen LogP contribution in [0.1, 0.15) is 27.3 Å². The van der Waals surface area contributed by atoms with Crippen molar-refractivity contribution in [1.82, 2.24) is 4.98 Å². The van der Waals surface area contributed by atoms with Crippen LogP contribution in [-0.4, -0.2) is 43.7 Å². The minimum Gasteiger partial charge on any atom is -0.462 e. The van der Waals surface area contributed by atoms with E-state index < -0.39 is 0 Å². The lowest BCUT2D eigenvalue weighted by Crippen LogP contribution is -3.13. The molecule has 0 aliphatic carbocycles. The predicted molar refractivity (Wildman–Crippen MR) is 101 cm³/mol. The molecule has 1 fully saturated rings. The van der Waals surface area contributed by atoms with Gasteiger partial charge in [0.1, 0.15) is 16.4 Å². The molecule has 0 saturated carbocycles. The molecule has 0 amide bonds. The summed E-state index contributed by atoms with van der Waals surface area (Å²) in [6.45, 7) is 9.00. The van der Waals surface area contributed by atoms with E-state index in [0.29, 0.717) is 11.5 Å². The molecule has 0 unspecified atom stereocenters. The lowest BCUT2D eigenvalue weighted by atomic mass is 10.2. The second-order valence-corrected chi connectivity index (χ2v) is 7.66. The van der Waals surface area contributed by atoms with Crippen molar-refractivity contribution in [2.45, 2.75) is 20.4 Å². The van der Waals surface area contributed by atoms with Gasteiger partial charge in [-0.2, -0.15) is 0 Å². The van der Waals surface area contributed by atoms with Gasteiger partial charge in [-0.1, -0.05) is 17.7 Å². The number of ether oxygens (including phenoxy) is 1. The van der Waals surface area contributed by atoms with Crippen molar-refractivity contribution in [1.29, 1.82) is 0 Å². The summed E-state index contributed by atoms with van der Waals surface area (Å²) in [4.78, 5) is 21.0. The molecule has 7 heteroatoms. The number of benzene rings is 1. The highest BCUT2D eigenvalue weighted by Crippen LogP contribution is 2.20. The molecule has 1 aliphatic rings. The van der Waals surface area contributed by atoms with Crippen molar-refractivity contribution in [3.63, 3.8) is 0 Å². The van der Waals surface area contributed by atoms with Gasteiger partial charge in [0.05, 0.1) is 38.5 Å². The molecule has 2 heterocycles. The number of nitrogens with zero attached hydrogens (tertiary/aromatic N) is 2. The number of halogens is 1. The number of quaternary nitrogens is 1. The second kappa shape index (κ2) is 8.17. The minimum absolute atomic E-state index is 0.260. The monoisotopic (exact) mass is 380 g/mol. The van der Waals surface area contributed by atoms with Crippen molar-refractivity contribution in [2.75, 3.05) is 37.7 Å². The molecule has 3 rings (SSSR count). The molecule has 1 aromatic carbocycles. The predicted octanol–water partition coefficient (Wildman–Crippen LogP) is 2.19. The molecule has 1 aliphatic heterocycles. The molecule has 25 heavy (non-hydrogen) atoms. The van der Waals surface area contributed by atoms with E-state index in [-0.39, 0.29) is 5.97 Å². The van der Waals surface area contributed by atoms with Crippen LogP contribution in [0.2, 0.25) is 5.02 Å². The number of aromatic nitrogens is 1. The Morgan fingerprint density at radius 3 is 2.84 bits per heavy atom. The minimum atomic E-state index is -0.260. The molecule has 1 saturated heterocycles. The smallest absolute Gasteiger partial charge is 0.350 e. The van der Waals surface area contributed by atoms with Crippen molar-refractivity contribution in [3.8, 4) is 0 Å². The Morgan fingerprint density at radius 2 is 2.16 bits per heavy atom. The first-order valence-electron chi connectivity index (χ1n) is 8.54. The Balaban J connectivity index is 1.57. The molecule has 0 atom stereocenters. The number of rotatable bonds is 5. The normalized spacial score (nSPS) is 15.4. The Morgan fingerprint density at radius 1 is 1.40 bits per heavy atom. The molecule has 2 aromatic rings. The quantitative estimate of drug-likeness (QED) is 0.808. The van der Waals surface area contributed by atoms with Gasteiger partial charge < -0.3 is 14.5 Å². The van der Waals surface area contributed by atoms with Gasteiger partial charge in [-0.05, 0) is 32.0 Å². The fourth-order valence-corrected chi connectivity index (χ4v) is 4.27. The fourth-order valence-electron chi connectivity index (χ4n) is 3.06. The van der Waals surface area contributed by atoms with Gasteiger partial charge in [0, 0.05) is 10.7 Å². The molecule has 1 aromatic heterocycles. The third-order valence-electron chi connectivity index (χ3n) is 4.35. The summed E-state index contributed by atoms with van der Waals surface area (Å²) in [5.41, 5.74) is 1.96. The van der Waals surface area contributed by atoms with Crippen molar-refractivity contribution >= 4 is 34.6 Å². The van der Waals surface area contributed by atoms with Crippen molar-refractivity contribution in [2.24, 2.45) is 0 Å². The molecule has 1 N–H and O–H groups in total. The maximum absolute atomic E-state index is 11.9. The van der Waals surface area contributed by atoms with Crippen LogP contribution in [0.4, 0.5) is 5.69 Å². The zero-order valence-electron chi connectivity index (χ0n) is 14.5. The van der Waals surface area contributed by atoms with E-state index in [1.807, 2.05) is 32.0 Å². The zero-order chi connectivity index (χ0) is 17.8. The number of thiazole rings is 1. The van der Waals surface area contributed by atoms with Crippen LogP contribution in [0.5, 0.6) is 0 Å². The summed E-state index contributed by atoms with van der Waals surface area (Å²) >= 11 is 7.55. The van der Waals surface area contributed by atoms with Crippen molar-refractivity contribution < 1.29 is 14.4 Å². The summed E-state index contributed by atoms with van der Waals surface area (Å²) in [6.07, 6.45) is 0. The number of nitrogens with one attached hydrogen (secondary N) is 1. The van der Waals surface area contributed by atoms with Crippen LogP contribution in [-0.2, 0) is 11.3 Å². The Labute approximate surface area is 157 Å². The second-order valence-electron chi connectivity index (χ2n) is 6.14. The van der Waals surface area contributed by atoms with Gasteiger partial charge in [-0.25, -0.2) is 9.78 Å². The van der Waals surface area contributed by atoms with Gasteiger partial charge in [0.25, 0.3) is 0 Å². The SMILES string of the molecule is CCOC(=O)c1sc(C[NH+]2CCN(c3cccc(Cl)c3)CC2)nc1C. The van der Waals surface area contributed by atoms with Crippen LogP contribution in [0.3, 0.4) is 0 Å². The lowest BCUT2D eigenvalue weighted by molar-refractivity contribution is -0.914. The number of hydrogen-bond acceptors (Lipinski definition) is 5. The number of aryl methyl sites for hydroxylation is 1. The average Bonchev–Trinajstić information content (AvgIpc) is 2.96. The van der Waals surface area contributed by atoms with Crippen LogP contribution < -0.4 is 9.80 Å². The zero-order valence-corrected chi connectivity index (χ0v) is 16.1. The fraction of sp³-hybridized carbons (Fsp3) is 0.444. The van der Waals surface area contributed by atoms with Crippen molar-refractivity contribution in [3.05, 3.63) is 44.9 Å². The Kier molecular flexibility index (Phi) is 5.93. The first kappa shape index (κ1) is 18.2. The van der Waals surface area contributed by atoms with Gasteiger partial charge in [-0.15, -0.1) is 11.3 Å². The third-order valence-corrected chi connectivity index (χ3v) is 5.72. The maximum Gasteiger partial charge on any atom is 0.350 e. The number of carbonyl (C=O) groups is 1. The van der Waals surface area contributed by atoms with E-state index in [0.717, 1.165) is 48.4 Å². The first-order valence-corrected chi connectivity index (χ1v) is 9.73. The van der Waals surface area contributed by atoms with E-state index in [9.17, 15) is 4.79 Å². The first-order chi connectivity index (χ1) is 12.1. The molecular formula is C18H23ClN3O2S+. The van der Waals surface area contributed by atoms with Crippen LogP contribution in [0.25, 0.3) is 0 Å². The Bertz CT molecular complexity index is 742. The largest absolute Gasteiger partial charge is 0.462 e. The van der Waals surface area contributed by atoms with E-state index in [1.54, 1.807) is 0 Å². The number of esters is 1. The van der Waals surface area contributed by atoms with E-state index >= 15 is 0 Å². The average molecular weight is 381 g/mol. The van der Waals surface area contributed by atoms with Gasteiger partial charge >= 0.3 is 5.97 Å². The molecular weight excluding hydrogens is 358 g/mol. The highest BCUT2D eigenvalue weighted by Gasteiger charge is 2.23. The highest BCUT2D eigenvalue weighted by atomic mass is 35.5. The Hall–Kier alpha value is -1.63. The number of anilines is 1. The summed E-state index contributed by atoms with van der Waals surface area (Å²) in [5, 5.41) is 1.78. The highest BCUT2D eigenvalue weighted by molar-refractivity contribution is 7.13. The molecule has 0 bridgehead atoms. The maximum atomic E-state index is 11.9. The molecule has 0 spiro atoms. The van der Waals surface area contributed by atoms with E-state index in [4.69, 9.17) is 16.3 Å². The summed E-state index contributed by atoms with van der Waals surface area (Å²) < 4.78 is 5.09. The summed E-state index contributed by atoms with van der Waals surface area (Å²) in [7, 11) is 0. The molecule has 0 radical (unpaired) electrons. The van der Waals surface area contributed by atoms with Crippen LogP contribution in [0, 0.1) is 6.92 Å². The van der Waals surface area contributed by atoms with Gasteiger partial charge in [0.15, 0.2) is 0 Å². The number of hydrogen-bond donors (Lipinski definition) is 1. The van der Waals surface area contributed by atoms with Crippen LogP contribution >= 0.6 is 22.9 Å². The van der Waals surface area contributed by atoms with E-state index in [2.05, 4.69) is 16.0 Å². The third kappa shape index (κ3) is 4.51.